The molecule has 2 N–H and O–H groups in total. The Hall–Kier alpha value is -0.550. The molecule has 0 unspecified atom stereocenters. The minimum atomic E-state index is -0.278. The Balaban J connectivity index is 3.49. The van der Waals surface area contributed by atoms with E-state index >= 15 is 0 Å². The fraction of sp³-hybridized carbons (Fsp3) is 0.833. The van der Waals surface area contributed by atoms with Gasteiger partial charge in [-0.2, -0.15) is 5.26 Å². The van der Waals surface area contributed by atoms with Crippen LogP contribution in [0.1, 0.15) is 20.3 Å². The van der Waals surface area contributed by atoms with Crippen LogP contribution in [0.3, 0.4) is 0 Å². The highest BCUT2D eigenvalue weighted by atomic mass is 14.6. The fourth-order valence-corrected chi connectivity index (χ4v) is 0.381. The van der Waals surface area contributed by atoms with Gasteiger partial charge in [-0.25, -0.2) is 0 Å². The summed E-state index contributed by atoms with van der Waals surface area (Å²) < 4.78 is 0. The Morgan fingerprint density at radius 3 is 2.38 bits per heavy atom. The lowest BCUT2D eigenvalue weighted by Gasteiger charge is -2.08. The van der Waals surface area contributed by atoms with Crippen LogP contribution in [0.25, 0.3) is 0 Å². The van der Waals surface area contributed by atoms with Gasteiger partial charge >= 0.3 is 0 Å². The molecule has 0 rings (SSSR count). The third-order valence-electron chi connectivity index (χ3n) is 1.41. The molecular weight excluding hydrogens is 100 g/mol. The van der Waals surface area contributed by atoms with Crippen LogP contribution >= 0.6 is 0 Å². The van der Waals surface area contributed by atoms with Gasteiger partial charge in [-0.15, -0.1) is 0 Å². The van der Waals surface area contributed by atoms with Crippen LogP contribution in [0.15, 0.2) is 0 Å². The Bertz CT molecular complexity index is 93.2. The lowest BCUT2D eigenvalue weighted by Crippen LogP contribution is -2.25. The van der Waals surface area contributed by atoms with Crippen LogP contribution < -0.4 is 5.73 Å². The molecule has 0 aromatic carbocycles. The molecule has 2 atom stereocenters. The molecule has 0 spiro atoms. The summed E-state index contributed by atoms with van der Waals surface area (Å²) in [6.45, 7) is 4.01. The van der Waals surface area contributed by atoms with Crippen molar-refractivity contribution in [3.8, 4) is 6.07 Å². The SMILES string of the molecule is CC[C@H](C)[C@H](N)C#N. The molecule has 2 heteroatoms. The van der Waals surface area contributed by atoms with Crippen LogP contribution in [0.2, 0.25) is 0 Å². The molecule has 0 heterocycles. The van der Waals surface area contributed by atoms with E-state index in [1.165, 1.54) is 0 Å². The van der Waals surface area contributed by atoms with Gasteiger partial charge in [0.15, 0.2) is 0 Å². The minimum absolute atomic E-state index is 0.278. The highest BCUT2D eigenvalue weighted by Gasteiger charge is 2.07. The van der Waals surface area contributed by atoms with E-state index in [0.29, 0.717) is 5.92 Å². The van der Waals surface area contributed by atoms with Crippen molar-refractivity contribution < 1.29 is 0 Å². The summed E-state index contributed by atoms with van der Waals surface area (Å²) in [5.74, 6) is 0.333. The molecule has 2 nitrogen and oxygen atoms in total. The summed E-state index contributed by atoms with van der Waals surface area (Å²) in [5, 5.41) is 8.26. The van der Waals surface area contributed by atoms with E-state index in [4.69, 9.17) is 11.0 Å². The van der Waals surface area contributed by atoms with Crippen LogP contribution in [-0.2, 0) is 0 Å². The normalized spacial score (nSPS) is 16.8. The highest BCUT2D eigenvalue weighted by Crippen LogP contribution is 2.02. The second kappa shape index (κ2) is 3.45. The maximum absolute atomic E-state index is 8.26. The van der Waals surface area contributed by atoms with E-state index < -0.39 is 0 Å². The van der Waals surface area contributed by atoms with Gasteiger partial charge in [0, 0.05) is 0 Å². The zero-order valence-electron chi connectivity index (χ0n) is 5.39. The second-order valence-corrected chi connectivity index (χ2v) is 2.04. The monoisotopic (exact) mass is 112 g/mol. The summed E-state index contributed by atoms with van der Waals surface area (Å²) in [6, 6.07) is 1.72. The first-order valence-corrected chi connectivity index (χ1v) is 2.87. The summed E-state index contributed by atoms with van der Waals surface area (Å²) in [5.41, 5.74) is 5.37. The molecule has 0 saturated carbocycles. The van der Waals surface area contributed by atoms with Crippen LogP contribution in [0.5, 0.6) is 0 Å². The van der Waals surface area contributed by atoms with Gasteiger partial charge in [-0.1, -0.05) is 20.3 Å². The van der Waals surface area contributed by atoms with E-state index in [1.54, 1.807) is 0 Å². The molecule has 0 aliphatic carbocycles. The van der Waals surface area contributed by atoms with Gasteiger partial charge in [0.05, 0.1) is 12.1 Å². The molecule has 0 aromatic heterocycles. The van der Waals surface area contributed by atoms with Gasteiger partial charge < -0.3 is 5.73 Å². The Labute approximate surface area is 50.3 Å². The predicted molar refractivity (Wildman–Crippen MR) is 33.0 cm³/mol. The Morgan fingerprint density at radius 1 is 1.75 bits per heavy atom. The summed E-state index contributed by atoms with van der Waals surface area (Å²) >= 11 is 0. The van der Waals surface area contributed by atoms with E-state index in [9.17, 15) is 0 Å². The van der Waals surface area contributed by atoms with Crippen LogP contribution in [-0.4, -0.2) is 6.04 Å². The molecule has 8 heavy (non-hydrogen) atoms. The van der Waals surface area contributed by atoms with Crippen molar-refractivity contribution >= 4 is 0 Å². The molecule has 0 amide bonds. The average molecular weight is 112 g/mol. The van der Waals surface area contributed by atoms with Gasteiger partial charge in [-0.05, 0) is 5.92 Å². The quantitative estimate of drug-likeness (QED) is 0.576. The third-order valence-corrected chi connectivity index (χ3v) is 1.41. The molecule has 0 aromatic rings. The first-order valence-electron chi connectivity index (χ1n) is 2.87. The van der Waals surface area contributed by atoms with Crippen molar-refractivity contribution in [2.45, 2.75) is 26.3 Å². The molecule has 46 valence electrons. The van der Waals surface area contributed by atoms with Crippen LogP contribution in [0, 0.1) is 17.2 Å². The predicted octanol–water partition coefficient (Wildman–Crippen LogP) is 0.883. The minimum Gasteiger partial charge on any atom is -0.316 e. The molecule has 0 aliphatic rings. The zero-order chi connectivity index (χ0) is 6.57. The van der Waals surface area contributed by atoms with Crippen molar-refractivity contribution in [3.63, 3.8) is 0 Å². The van der Waals surface area contributed by atoms with Crippen molar-refractivity contribution in [2.75, 3.05) is 0 Å². The average Bonchev–Trinajstić information content (AvgIpc) is 1.84. The first-order chi connectivity index (χ1) is 3.72. The van der Waals surface area contributed by atoms with Crippen molar-refractivity contribution in [1.29, 1.82) is 5.26 Å². The van der Waals surface area contributed by atoms with E-state index in [-0.39, 0.29) is 6.04 Å². The number of nitriles is 1. The van der Waals surface area contributed by atoms with E-state index in [0.717, 1.165) is 6.42 Å². The first kappa shape index (κ1) is 7.45. The largest absolute Gasteiger partial charge is 0.316 e. The summed E-state index contributed by atoms with van der Waals surface area (Å²) in [6.07, 6.45) is 0.981. The zero-order valence-corrected chi connectivity index (χ0v) is 5.39. The maximum atomic E-state index is 8.26. The number of hydrogen-bond acceptors (Lipinski definition) is 2. The van der Waals surface area contributed by atoms with Gasteiger partial charge in [0.25, 0.3) is 0 Å². The number of nitrogens with two attached hydrogens (primary N) is 1. The fourth-order valence-electron chi connectivity index (χ4n) is 0.381. The second-order valence-electron chi connectivity index (χ2n) is 2.04. The lowest BCUT2D eigenvalue weighted by molar-refractivity contribution is 0.510. The van der Waals surface area contributed by atoms with Gasteiger partial charge in [0.1, 0.15) is 0 Å². The summed E-state index contributed by atoms with van der Waals surface area (Å²) in [7, 11) is 0. The summed E-state index contributed by atoms with van der Waals surface area (Å²) in [4.78, 5) is 0. The third kappa shape index (κ3) is 1.94. The van der Waals surface area contributed by atoms with E-state index in [1.807, 2.05) is 19.9 Å². The van der Waals surface area contributed by atoms with Crippen molar-refractivity contribution in [3.05, 3.63) is 0 Å². The number of rotatable bonds is 2. The van der Waals surface area contributed by atoms with Crippen molar-refractivity contribution in [1.82, 2.24) is 0 Å². The topological polar surface area (TPSA) is 49.8 Å². The van der Waals surface area contributed by atoms with Crippen molar-refractivity contribution in [2.24, 2.45) is 11.7 Å². The maximum Gasteiger partial charge on any atom is 0.0953 e. The number of hydrogen-bond donors (Lipinski definition) is 1. The Morgan fingerprint density at radius 2 is 2.25 bits per heavy atom. The highest BCUT2D eigenvalue weighted by molar-refractivity contribution is 4.89. The smallest absolute Gasteiger partial charge is 0.0953 e. The van der Waals surface area contributed by atoms with Crippen LogP contribution in [0.4, 0.5) is 0 Å². The molecule has 0 saturated heterocycles. The molecule has 0 fully saturated rings. The Kier molecular flexibility index (Phi) is 3.21. The molecule has 0 bridgehead atoms. The van der Waals surface area contributed by atoms with Gasteiger partial charge in [0.2, 0.25) is 0 Å². The lowest BCUT2D eigenvalue weighted by atomic mass is 10.0. The standard InChI is InChI=1S/C6H12N2/c1-3-5(2)6(8)4-7/h5-6H,3,8H2,1-2H3/t5-,6+/m0/s1. The van der Waals surface area contributed by atoms with E-state index in [2.05, 4.69) is 0 Å². The molecular formula is C6H12N2. The molecule has 0 radical (unpaired) electrons. The van der Waals surface area contributed by atoms with Gasteiger partial charge in [-0.3, -0.25) is 0 Å². The number of nitrogens with zero attached hydrogens (tertiary/aromatic N) is 1. The molecule has 0 aliphatic heterocycles.